The molecular weight excluding hydrogens is 200 g/mol. The van der Waals surface area contributed by atoms with Crippen molar-refractivity contribution >= 4 is 0 Å². The van der Waals surface area contributed by atoms with Crippen molar-refractivity contribution in [3.05, 3.63) is 0 Å². The molecule has 0 aromatic heterocycles. The van der Waals surface area contributed by atoms with Crippen LogP contribution in [-0.4, -0.2) is 43.8 Å². The third kappa shape index (κ3) is 7.20. The van der Waals surface area contributed by atoms with Crippen molar-refractivity contribution in [3.63, 3.8) is 0 Å². The SMILES string of the molecule is CCOCCN(CC)CCC(N)C(C)(C)C. The summed E-state index contributed by atoms with van der Waals surface area (Å²) in [5, 5.41) is 0. The van der Waals surface area contributed by atoms with Gasteiger partial charge < -0.3 is 15.4 Å². The molecule has 1 unspecified atom stereocenters. The summed E-state index contributed by atoms with van der Waals surface area (Å²) in [4.78, 5) is 2.40. The molecule has 0 radical (unpaired) electrons. The van der Waals surface area contributed by atoms with Gasteiger partial charge in [0.05, 0.1) is 6.61 Å². The quantitative estimate of drug-likeness (QED) is 0.649. The molecule has 0 spiro atoms. The first kappa shape index (κ1) is 15.9. The lowest BCUT2D eigenvalue weighted by atomic mass is 9.85. The van der Waals surface area contributed by atoms with Crippen LogP contribution in [0.25, 0.3) is 0 Å². The molecule has 0 fully saturated rings. The maximum absolute atomic E-state index is 6.15. The monoisotopic (exact) mass is 230 g/mol. The Hall–Kier alpha value is -0.120. The van der Waals surface area contributed by atoms with Crippen LogP contribution in [0, 0.1) is 5.41 Å². The van der Waals surface area contributed by atoms with Gasteiger partial charge in [-0.25, -0.2) is 0 Å². The van der Waals surface area contributed by atoms with Crippen molar-refractivity contribution in [2.45, 2.75) is 47.1 Å². The molecule has 0 bridgehead atoms. The zero-order valence-corrected chi connectivity index (χ0v) is 11.8. The molecule has 0 aliphatic heterocycles. The Morgan fingerprint density at radius 3 is 2.25 bits per heavy atom. The van der Waals surface area contributed by atoms with Crippen molar-refractivity contribution in [1.82, 2.24) is 4.90 Å². The fraction of sp³-hybridized carbons (Fsp3) is 1.00. The Morgan fingerprint density at radius 2 is 1.81 bits per heavy atom. The van der Waals surface area contributed by atoms with Crippen LogP contribution in [-0.2, 0) is 4.74 Å². The maximum Gasteiger partial charge on any atom is 0.0593 e. The van der Waals surface area contributed by atoms with Gasteiger partial charge in [-0.15, -0.1) is 0 Å². The Morgan fingerprint density at radius 1 is 1.19 bits per heavy atom. The van der Waals surface area contributed by atoms with Crippen LogP contribution >= 0.6 is 0 Å². The van der Waals surface area contributed by atoms with Crippen LogP contribution in [0.5, 0.6) is 0 Å². The first-order valence-electron chi connectivity index (χ1n) is 6.47. The van der Waals surface area contributed by atoms with Gasteiger partial charge in [0.2, 0.25) is 0 Å². The lowest BCUT2D eigenvalue weighted by molar-refractivity contribution is 0.112. The molecule has 16 heavy (non-hydrogen) atoms. The summed E-state index contributed by atoms with van der Waals surface area (Å²) in [6, 6.07) is 0.272. The van der Waals surface area contributed by atoms with Crippen molar-refractivity contribution in [3.8, 4) is 0 Å². The van der Waals surface area contributed by atoms with E-state index in [1.54, 1.807) is 0 Å². The third-order valence-electron chi connectivity index (χ3n) is 3.07. The van der Waals surface area contributed by atoms with Crippen LogP contribution in [0.4, 0.5) is 0 Å². The van der Waals surface area contributed by atoms with Crippen molar-refractivity contribution in [1.29, 1.82) is 0 Å². The van der Waals surface area contributed by atoms with Gasteiger partial charge in [-0.05, 0) is 31.8 Å². The molecule has 98 valence electrons. The highest BCUT2D eigenvalue weighted by Gasteiger charge is 2.20. The summed E-state index contributed by atoms with van der Waals surface area (Å²) in [5.41, 5.74) is 6.36. The predicted molar refractivity (Wildman–Crippen MR) is 70.7 cm³/mol. The van der Waals surface area contributed by atoms with E-state index in [2.05, 4.69) is 32.6 Å². The van der Waals surface area contributed by atoms with E-state index in [1.165, 1.54) is 0 Å². The molecule has 0 aliphatic carbocycles. The second-order valence-electron chi connectivity index (χ2n) is 5.39. The van der Waals surface area contributed by atoms with Gasteiger partial charge in [0, 0.05) is 19.2 Å². The van der Waals surface area contributed by atoms with Gasteiger partial charge in [-0.1, -0.05) is 27.7 Å². The number of nitrogens with zero attached hydrogens (tertiary/aromatic N) is 1. The van der Waals surface area contributed by atoms with E-state index in [0.29, 0.717) is 0 Å². The molecule has 0 saturated heterocycles. The lowest BCUT2D eigenvalue weighted by Crippen LogP contribution is -2.39. The van der Waals surface area contributed by atoms with E-state index in [-0.39, 0.29) is 11.5 Å². The first-order valence-corrected chi connectivity index (χ1v) is 6.47. The summed E-state index contributed by atoms with van der Waals surface area (Å²) >= 11 is 0. The maximum atomic E-state index is 6.15. The number of nitrogens with two attached hydrogens (primary N) is 1. The normalized spacial score (nSPS) is 14.4. The minimum atomic E-state index is 0.208. The Labute approximate surface area is 101 Å². The van der Waals surface area contributed by atoms with E-state index < -0.39 is 0 Å². The summed E-state index contributed by atoms with van der Waals surface area (Å²) in [6.45, 7) is 15.6. The Bertz CT molecular complexity index is 166. The van der Waals surface area contributed by atoms with E-state index in [1.807, 2.05) is 6.92 Å². The molecule has 1 atom stereocenters. The molecule has 2 N–H and O–H groups in total. The summed E-state index contributed by atoms with van der Waals surface area (Å²) < 4.78 is 5.37. The molecule has 3 nitrogen and oxygen atoms in total. The standard InChI is InChI=1S/C13H30N2O/c1-6-15(10-11-16-7-2)9-8-12(14)13(3,4)5/h12H,6-11,14H2,1-5H3. The molecule has 0 rings (SSSR count). The van der Waals surface area contributed by atoms with Gasteiger partial charge in [-0.3, -0.25) is 0 Å². The zero-order chi connectivity index (χ0) is 12.6. The minimum Gasteiger partial charge on any atom is -0.380 e. The van der Waals surface area contributed by atoms with E-state index in [4.69, 9.17) is 10.5 Å². The van der Waals surface area contributed by atoms with Crippen molar-refractivity contribution in [2.75, 3.05) is 32.8 Å². The van der Waals surface area contributed by atoms with Gasteiger partial charge >= 0.3 is 0 Å². The Balaban J connectivity index is 3.78. The highest BCUT2D eigenvalue weighted by Crippen LogP contribution is 2.19. The average Bonchev–Trinajstić information content (AvgIpc) is 2.21. The molecule has 0 aliphatic rings. The second-order valence-corrected chi connectivity index (χ2v) is 5.39. The summed E-state index contributed by atoms with van der Waals surface area (Å²) in [6.07, 6.45) is 1.06. The van der Waals surface area contributed by atoms with Crippen LogP contribution in [0.1, 0.15) is 41.0 Å². The largest absolute Gasteiger partial charge is 0.380 e. The number of ether oxygens (including phenoxy) is 1. The van der Waals surface area contributed by atoms with E-state index in [0.717, 1.165) is 39.3 Å². The number of likely N-dealkylation sites (N-methyl/N-ethyl adjacent to an activating group) is 1. The number of hydrogen-bond donors (Lipinski definition) is 1. The molecule has 3 heteroatoms. The molecule has 0 aromatic carbocycles. The minimum absolute atomic E-state index is 0.208. The molecule has 0 aromatic rings. The Kier molecular flexibility index (Phi) is 7.98. The number of hydrogen-bond acceptors (Lipinski definition) is 3. The summed E-state index contributed by atoms with van der Waals surface area (Å²) in [7, 11) is 0. The van der Waals surface area contributed by atoms with Gasteiger partial charge in [0.15, 0.2) is 0 Å². The smallest absolute Gasteiger partial charge is 0.0593 e. The topological polar surface area (TPSA) is 38.5 Å². The zero-order valence-electron chi connectivity index (χ0n) is 11.8. The van der Waals surface area contributed by atoms with Crippen LogP contribution in [0.3, 0.4) is 0 Å². The van der Waals surface area contributed by atoms with E-state index in [9.17, 15) is 0 Å². The van der Waals surface area contributed by atoms with E-state index >= 15 is 0 Å². The van der Waals surface area contributed by atoms with Crippen molar-refractivity contribution in [2.24, 2.45) is 11.1 Å². The fourth-order valence-corrected chi connectivity index (χ4v) is 1.52. The van der Waals surface area contributed by atoms with Crippen LogP contribution in [0.15, 0.2) is 0 Å². The van der Waals surface area contributed by atoms with Gasteiger partial charge in [0.25, 0.3) is 0 Å². The van der Waals surface area contributed by atoms with Crippen LogP contribution in [0.2, 0.25) is 0 Å². The first-order chi connectivity index (χ1) is 7.41. The van der Waals surface area contributed by atoms with Gasteiger partial charge in [-0.2, -0.15) is 0 Å². The summed E-state index contributed by atoms with van der Waals surface area (Å²) in [5.74, 6) is 0. The highest BCUT2D eigenvalue weighted by atomic mass is 16.5. The van der Waals surface area contributed by atoms with Crippen molar-refractivity contribution < 1.29 is 4.74 Å². The highest BCUT2D eigenvalue weighted by molar-refractivity contribution is 4.77. The van der Waals surface area contributed by atoms with Crippen LogP contribution < -0.4 is 5.73 Å². The fourth-order valence-electron chi connectivity index (χ4n) is 1.52. The van der Waals surface area contributed by atoms with Gasteiger partial charge in [0.1, 0.15) is 0 Å². The molecule has 0 heterocycles. The number of rotatable bonds is 8. The third-order valence-corrected chi connectivity index (χ3v) is 3.07. The second kappa shape index (κ2) is 8.04. The molecular formula is C13H30N2O. The predicted octanol–water partition coefficient (Wildman–Crippen LogP) is 2.11. The average molecular weight is 230 g/mol. The lowest BCUT2D eigenvalue weighted by Gasteiger charge is -2.29. The molecule has 0 saturated carbocycles. The molecule has 0 amide bonds.